The number of nitrogens with zero attached hydrogens (tertiary/aromatic N) is 2. The first-order valence-electron chi connectivity index (χ1n) is 7.48. The molecule has 3 nitrogen and oxygen atoms in total. The van der Waals surface area contributed by atoms with Crippen molar-refractivity contribution < 1.29 is 0 Å². The molecule has 1 aromatic carbocycles. The Bertz CT molecular complexity index is 444. The van der Waals surface area contributed by atoms with Gasteiger partial charge in [0, 0.05) is 31.9 Å². The number of anilines is 1. The van der Waals surface area contributed by atoms with E-state index in [0.29, 0.717) is 0 Å². The Hall–Kier alpha value is -1.06. The van der Waals surface area contributed by atoms with Crippen LogP contribution in [0.3, 0.4) is 0 Å². The predicted molar refractivity (Wildman–Crippen MR) is 80.8 cm³/mol. The highest BCUT2D eigenvalue weighted by molar-refractivity contribution is 5.57. The predicted octanol–water partition coefficient (Wildman–Crippen LogP) is 1.86. The minimum Gasteiger partial charge on any atom is -0.373 e. The molecule has 0 radical (unpaired) electrons. The molecule has 0 aromatic heterocycles. The van der Waals surface area contributed by atoms with Crippen LogP contribution in [0.5, 0.6) is 0 Å². The largest absolute Gasteiger partial charge is 0.373 e. The van der Waals surface area contributed by atoms with Gasteiger partial charge in [-0.25, -0.2) is 0 Å². The zero-order valence-corrected chi connectivity index (χ0v) is 12.2. The molecule has 0 spiro atoms. The lowest BCUT2D eigenvalue weighted by atomic mass is 9.98. The number of likely N-dealkylation sites (N-methyl/N-ethyl adjacent to an activating group) is 2. The van der Waals surface area contributed by atoms with Gasteiger partial charge in [-0.3, -0.25) is 0 Å². The SMILES string of the molecule is CN(CC1CCCN1C)c1cccc2c1CNCC2. The van der Waals surface area contributed by atoms with E-state index in [1.54, 1.807) is 0 Å². The van der Waals surface area contributed by atoms with E-state index in [0.717, 1.165) is 25.7 Å². The Kier molecular flexibility index (Phi) is 3.76. The molecule has 0 amide bonds. The molecule has 104 valence electrons. The average Bonchev–Trinajstić information content (AvgIpc) is 2.83. The van der Waals surface area contributed by atoms with E-state index in [1.807, 2.05) is 0 Å². The summed E-state index contributed by atoms with van der Waals surface area (Å²) in [6.07, 6.45) is 3.86. The highest BCUT2D eigenvalue weighted by Crippen LogP contribution is 2.27. The van der Waals surface area contributed by atoms with E-state index in [-0.39, 0.29) is 0 Å². The second-order valence-electron chi connectivity index (χ2n) is 6.00. The fourth-order valence-corrected chi connectivity index (χ4v) is 3.48. The third-order valence-electron chi connectivity index (χ3n) is 4.69. The first kappa shape index (κ1) is 12.9. The zero-order valence-electron chi connectivity index (χ0n) is 12.2. The van der Waals surface area contributed by atoms with Crippen LogP contribution in [0.1, 0.15) is 24.0 Å². The van der Waals surface area contributed by atoms with Gasteiger partial charge < -0.3 is 15.1 Å². The minimum absolute atomic E-state index is 0.720. The first-order chi connectivity index (χ1) is 9.25. The van der Waals surface area contributed by atoms with Crippen molar-refractivity contribution in [2.24, 2.45) is 0 Å². The van der Waals surface area contributed by atoms with Gasteiger partial charge in [0.25, 0.3) is 0 Å². The van der Waals surface area contributed by atoms with Crippen LogP contribution in [-0.4, -0.2) is 44.7 Å². The number of likely N-dealkylation sites (tertiary alicyclic amines) is 1. The molecule has 0 bridgehead atoms. The van der Waals surface area contributed by atoms with E-state index >= 15 is 0 Å². The minimum atomic E-state index is 0.720. The van der Waals surface area contributed by atoms with Gasteiger partial charge in [0.1, 0.15) is 0 Å². The van der Waals surface area contributed by atoms with Crippen LogP contribution in [0.15, 0.2) is 18.2 Å². The maximum absolute atomic E-state index is 3.50. The summed E-state index contributed by atoms with van der Waals surface area (Å²) in [6, 6.07) is 7.50. The molecule has 19 heavy (non-hydrogen) atoms. The second-order valence-corrected chi connectivity index (χ2v) is 6.00. The fourth-order valence-electron chi connectivity index (χ4n) is 3.48. The van der Waals surface area contributed by atoms with Crippen molar-refractivity contribution in [1.82, 2.24) is 10.2 Å². The monoisotopic (exact) mass is 259 g/mol. The van der Waals surface area contributed by atoms with Crippen molar-refractivity contribution in [3.63, 3.8) is 0 Å². The number of benzene rings is 1. The summed E-state index contributed by atoms with van der Waals surface area (Å²) in [5.74, 6) is 0. The summed E-state index contributed by atoms with van der Waals surface area (Å²) >= 11 is 0. The van der Waals surface area contributed by atoms with Crippen molar-refractivity contribution in [2.45, 2.75) is 31.8 Å². The van der Waals surface area contributed by atoms with Gasteiger partial charge in [0.05, 0.1) is 0 Å². The molecule has 1 unspecified atom stereocenters. The summed E-state index contributed by atoms with van der Waals surface area (Å²) in [4.78, 5) is 4.96. The Morgan fingerprint density at radius 3 is 3.11 bits per heavy atom. The lowest BCUT2D eigenvalue weighted by Gasteiger charge is -2.31. The van der Waals surface area contributed by atoms with Crippen molar-refractivity contribution in [3.8, 4) is 0 Å². The van der Waals surface area contributed by atoms with Gasteiger partial charge in [-0.2, -0.15) is 0 Å². The smallest absolute Gasteiger partial charge is 0.0412 e. The summed E-state index contributed by atoms with van der Waals surface area (Å²) in [7, 11) is 4.50. The molecule has 3 heteroatoms. The molecule has 2 heterocycles. The molecule has 1 saturated heterocycles. The Morgan fingerprint density at radius 2 is 2.32 bits per heavy atom. The maximum Gasteiger partial charge on any atom is 0.0412 e. The van der Waals surface area contributed by atoms with E-state index in [4.69, 9.17) is 0 Å². The van der Waals surface area contributed by atoms with E-state index in [9.17, 15) is 0 Å². The van der Waals surface area contributed by atoms with Crippen molar-refractivity contribution in [1.29, 1.82) is 0 Å². The average molecular weight is 259 g/mol. The van der Waals surface area contributed by atoms with Crippen LogP contribution in [0.4, 0.5) is 5.69 Å². The fraction of sp³-hybridized carbons (Fsp3) is 0.625. The van der Waals surface area contributed by atoms with E-state index < -0.39 is 0 Å². The first-order valence-corrected chi connectivity index (χ1v) is 7.48. The number of nitrogens with one attached hydrogen (secondary N) is 1. The lowest BCUT2D eigenvalue weighted by molar-refractivity contribution is 0.314. The van der Waals surface area contributed by atoms with Gasteiger partial charge in [0.2, 0.25) is 0 Å². The topological polar surface area (TPSA) is 18.5 Å². The van der Waals surface area contributed by atoms with Gasteiger partial charge >= 0.3 is 0 Å². The van der Waals surface area contributed by atoms with Gasteiger partial charge in [0.15, 0.2) is 0 Å². The molecule has 2 aliphatic rings. The van der Waals surface area contributed by atoms with Crippen LogP contribution in [0, 0.1) is 0 Å². The van der Waals surface area contributed by atoms with Gasteiger partial charge in [-0.05, 0) is 56.6 Å². The highest BCUT2D eigenvalue weighted by atomic mass is 15.2. The van der Waals surface area contributed by atoms with Gasteiger partial charge in [-0.15, -0.1) is 0 Å². The summed E-state index contributed by atoms with van der Waals surface area (Å²) < 4.78 is 0. The summed E-state index contributed by atoms with van der Waals surface area (Å²) in [5.41, 5.74) is 4.46. The second kappa shape index (κ2) is 5.51. The quantitative estimate of drug-likeness (QED) is 0.894. The third kappa shape index (κ3) is 2.63. The van der Waals surface area contributed by atoms with Crippen LogP contribution >= 0.6 is 0 Å². The number of rotatable bonds is 3. The molecule has 2 aliphatic heterocycles. The Balaban J connectivity index is 1.77. The van der Waals surface area contributed by atoms with Crippen LogP contribution in [-0.2, 0) is 13.0 Å². The van der Waals surface area contributed by atoms with E-state index in [1.165, 1.54) is 42.6 Å². The highest BCUT2D eigenvalue weighted by Gasteiger charge is 2.23. The lowest BCUT2D eigenvalue weighted by Crippen LogP contribution is -2.37. The summed E-state index contributed by atoms with van der Waals surface area (Å²) in [6.45, 7) is 4.54. The normalized spacial score (nSPS) is 23.4. The molecular weight excluding hydrogens is 234 g/mol. The van der Waals surface area contributed by atoms with Crippen molar-refractivity contribution in [2.75, 3.05) is 38.6 Å². The molecule has 3 rings (SSSR count). The van der Waals surface area contributed by atoms with E-state index in [2.05, 4.69) is 47.4 Å². The molecule has 0 aliphatic carbocycles. The molecule has 1 atom stereocenters. The molecule has 1 fully saturated rings. The van der Waals surface area contributed by atoms with Crippen LogP contribution in [0.25, 0.3) is 0 Å². The molecule has 1 aromatic rings. The summed E-state index contributed by atoms with van der Waals surface area (Å²) in [5, 5.41) is 3.50. The third-order valence-corrected chi connectivity index (χ3v) is 4.69. The molecule has 1 N–H and O–H groups in total. The maximum atomic E-state index is 3.50. The molecular formula is C16H25N3. The zero-order chi connectivity index (χ0) is 13.2. The van der Waals surface area contributed by atoms with Crippen LogP contribution < -0.4 is 10.2 Å². The van der Waals surface area contributed by atoms with Gasteiger partial charge in [-0.1, -0.05) is 12.1 Å². The van der Waals surface area contributed by atoms with Crippen molar-refractivity contribution in [3.05, 3.63) is 29.3 Å². The number of hydrogen-bond acceptors (Lipinski definition) is 3. The number of hydrogen-bond donors (Lipinski definition) is 1. The van der Waals surface area contributed by atoms with Crippen LogP contribution in [0.2, 0.25) is 0 Å². The Labute approximate surface area is 116 Å². The Morgan fingerprint density at radius 1 is 1.42 bits per heavy atom. The van der Waals surface area contributed by atoms with Crippen molar-refractivity contribution >= 4 is 5.69 Å². The number of fused-ring (bicyclic) bond motifs is 1. The molecule has 0 saturated carbocycles. The standard InChI is InChI=1S/C16H25N3/c1-18-10-4-6-14(18)12-19(2)16-7-3-5-13-8-9-17-11-15(13)16/h3,5,7,14,17H,4,6,8-12H2,1-2H3.